The number of phosphoric acid groups is 3. The summed E-state index contributed by atoms with van der Waals surface area (Å²) in [6.45, 7) is -1.04. The molecule has 6 atom stereocenters. The fraction of sp³-hybridized carbons (Fsp3) is 0.385. The summed E-state index contributed by atoms with van der Waals surface area (Å²) < 4.78 is 52.3. The Hall–Kier alpha value is -1.73. The normalized spacial score (nSPS) is 29.4. The average Bonchev–Trinajstić information content (AvgIpc) is 3.18. The first kappa shape index (κ1) is 25.9. The number of rotatable bonds is 8. The first-order valence-corrected chi connectivity index (χ1v) is 13.0. The SMILES string of the molecule is C#C[C@@]1(O)[C@H](O)[C@@H](COP(=O)(O)OP(=O)(O)OP(=O)(O)O)O[C@H]1c1ccc2c(N)ncnn12. The van der Waals surface area contributed by atoms with Gasteiger partial charge in [0.15, 0.2) is 11.4 Å². The van der Waals surface area contributed by atoms with E-state index in [1.54, 1.807) is 0 Å². The van der Waals surface area contributed by atoms with Gasteiger partial charge in [0.25, 0.3) is 0 Å². The molecular weight excluding hydrogens is 513 g/mol. The molecule has 3 rings (SSSR count). The van der Waals surface area contributed by atoms with Crippen LogP contribution in [0.3, 0.4) is 0 Å². The van der Waals surface area contributed by atoms with E-state index in [1.165, 1.54) is 16.6 Å². The van der Waals surface area contributed by atoms with E-state index in [1.807, 2.05) is 5.92 Å². The minimum absolute atomic E-state index is 0.0863. The fourth-order valence-corrected chi connectivity index (χ4v) is 6.05. The van der Waals surface area contributed by atoms with Crippen LogP contribution >= 0.6 is 23.5 Å². The summed E-state index contributed by atoms with van der Waals surface area (Å²) in [6, 6.07) is 2.90. The van der Waals surface area contributed by atoms with Gasteiger partial charge in [-0.2, -0.15) is 13.7 Å². The van der Waals surface area contributed by atoms with Crippen LogP contribution in [0, 0.1) is 12.3 Å². The summed E-state index contributed by atoms with van der Waals surface area (Å²) >= 11 is 0. The number of nitrogens with zero attached hydrogens (tertiary/aromatic N) is 3. The van der Waals surface area contributed by atoms with Crippen LogP contribution in [0.4, 0.5) is 5.82 Å². The van der Waals surface area contributed by atoms with Gasteiger partial charge in [-0.05, 0) is 12.1 Å². The van der Waals surface area contributed by atoms with Crippen LogP contribution in [0.1, 0.15) is 11.8 Å². The number of phosphoric ester groups is 1. The number of nitrogen functional groups attached to an aromatic ring is 1. The molecule has 1 fully saturated rings. The minimum atomic E-state index is -5.74. The first-order chi connectivity index (χ1) is 15.1. The molecule has 0 aliphatic carbocycles. The summed E-state index contributed by atoms with van der Waals surface area (Å²) in [5.41, 5.74) is 3.80. The first-order valence-electron chi connectivity index (χ1n) is 8.49. The van der Waals surface area contributed by atoms with Gasteiger partial charge < -0.3 is 40.3 Å². The molecule has 1 aliphatic rings. The third-order valence-electron chi connectivity index (χ3n) is 4.34. The van der Waals surface area contributed by atoms with Crippen molar-refractivity contribution in [3.8, 4) is 12.3 Å². The van der Waals surface area contributed by atoms with E-state index in [4.69, 9.17) is 26.7 Å². The molecule has 2 aromatic rings. The van der Waals surface area contributed by atoms with Crippen molar-refractivity contribution in [1.82, 2.24) is 14.6 Å². The van der Waals surface area contributed by atoms with Crippen LogP contribution in [0.25, 0.3) is 5.52 Å². The third-order valence-corrected chi connectivity index (χ3v) is 8.15. The van der Waals surface area contributed by atoms with E-state index in [0.29, 0.717) is 5.52 Å². The summed E-state index contributed by atoms with van der Waals surface area (Å²) in [5, 5.41) is 25.3. The molecule has 1 saturated heterocycles. The zero-order valence-corrected chi connectivity index (χ0v) is 18.7. The smallest absolute Gasteiger partial charge is 0.386 e. The van der Waals surface area contributed by atoms with Crippen molar-refractivity contribution < 1.29 is 61.4 Å². The Morgan fingerprint density at radius 1 is 1.21 bits per heavy atom. The quantitative estimate of drug-likeness (QED) is 0.156. The largest absolute Gasteiger partial charge is 0.490 e. The highest BCUT2D eigenvalue weighted by molar-refractivity contribution is 7.66. The Morgan fingerprint density at radius 2 is 1.88 bits per heavy atom. The fourth-order valence-electron chi connectivity index (χ4n) is 3.02. The molecule has 33 heavy (non-hydrogen) atoms. The van der Waals surface area contributed by atoms with Crippen molar-refractivity contribution in [1.29, 1.82) is 0 Å². The molecule has 0 saturated carbocycles. The van der Waals surface area contributed by atoms with E-state index in [2.05, 4.69) is 23.2 Å². The lowest BCUT2D eigenvalue weighted by Gasteiger charge is -2.25. The van der Waals surface area contributed by atoms with Crippen molar-refractivity contribution in [2.75, 3.05) is 12.3 Å². The Balaban J connectivity index is 1.79. The van der Waals surface area contributed by atoms with Gasteiger partial charge in [-0.15, -0.1) is 6.42 Å². The van der Waals surface area contributed by atoms with Crippen molar-refractivity contribution in [2.24, 2.45) is 0 Å². The van der Waals surface area contributed by atoms with Gasteiger partial charge in [0.05, 0.1) is 12.3 Å². The number of aliphatic hydroxyl groups excluding tert-OH is 1. The number of nitrogens with two attached hydrogens (primary N) is 1. The average molecular weight is 530 g/mol. The van der Waals surface area contributed by atoms with E-state index in [0.717, 1.165) is 6.33 Å². The van der Waals surface area contributed by atoms with Crippen LogP contribution in [-0.4, -0.2) is 68.8 Å². The molecule has 0 aromatic carbocycles. The molecule has 20 heteroatoms. The zero-order chi connectivity index (χ0) is 24.8. The second-order valence-electron chi connectivity index (χ2n) is 6.56. The maximum Gasteiger partial charge on any atom is 0.490 e. The van der Waals surface area contributed by atoms with Crippen LogP contribution in [-0.2, 0) is 31.6 Å². The summed E-state index contributed by atoms with van der Waals surface area (Å²) in [4.78, 5) is 39.6. The summed E-state index contributed by atoms with van der Waals surface area (Å²) in [7, 11) is -16.8. The number of ether oxygens (including phenoxy) is 1. The molecule has 1 aliphatic heterocycles. The maximum absolute atomic E-state index is 11.9. The molecule has 2 aromatic heterocycles. The maximum atomic E-state index is 11.9. The predicted octanol–water partition coefficient (Wildman–Crippen LogP) is -1.18. The molecular formula is C13H17N4O13P3. The molecule has 0 spiro atoms. The lowest BCUT2D eigenvalue weighted by atomic mass is 9.90. The van der Waals surface area contributed by atoms with E-state index in [-0.39, 0.29) is 11.5 Å². The highest BCUT2D eigenvalue weighted by atomic mass is 31.3. The molecule has 17 nitrogen and oxygen atoms in total. The van der Waals surface area contributed by atoms with Gasteiger partial charge in [0.2, 0.25) is 0 Å². The van der Waals surface area contributed by atoms with Crippen molar-refractivity contribution in [3.63, 3.8) is 0 Å². The number of fused-ring (bicyclic) bond motifs is 1. The summed E-state index contributed by atoms with van der Waals surface area (Å²) in [5.74, 6) is 2.07. The highest BCUT2D eigenvalue weighted by Crippen LogP contribution is 2.66. The van der Waals surface area contributed by atoms with Gasteiger partial charge in [-0.3, -0.25) is 4.52 Å². The zero-order valence-electron chi connectivity index (χ0n) is 16.1. The number of anilines is 1. The molecule has 8 N–H and O–H groups in total. The molecule has 0 amide bonds. The number of aliphatic hydroxyl groups is 2. The number of hydrogen-bond donors (Lipinski definition) is 7. The van der Waals surface area contributed by atoms with Gasteiger partial charge in [-0.1, -0.05) is 5.92 Å². The van der Waals surface area contributed by atoms with Gasteiger partial charge in [0.1, 0.15) is 30.2 Å². The number of hydrogen-bond acceptors (Lipinski definition) is 12. The lowest BCUT2D eigenvalue weighted by Crippen LogP contribution is -2.44. The second-order valence-corrected chi connectivity index (χ2v) is 11.0. The Morgan fingerprint density at radius 3 is 2.48 bits per heavy atom. The van der Waals surface area contributed by atoms with Crippen LogP contribution in [0.5, 0.6) is 0 Å². The van der Waals surface area contributed by atoms with E-state index >= 15 is 0 Å². The minimum Gasteiger partial charge on any atom is -0.386 e. The van der Waals surface area contributed by atoms with Crippen molar-refractivity contribution in [3.05, 3.63) is 24.2 Å². The monoisotopic (exact) mass is 530 g/mol. The van der Waals surface area contributed by atoms with Gasteiger partial charge >= 0.3 is 23.5 Å². The topological polar surface area (TPSA) is 266 Å². The van der Waals surface area contributed by atoms with Crippen molar-refractivity contribution >= 4 is 34.8 Å². The third kappa shape index (κ3) is 5.51. The molecule has 2 unspecified atom stereocenters. The van der Waals surface area contributed by atoms with E-state index in [9.17, 15) is 33.7 Å². The second kappa shape index (κ2) is 8.81. The molecule has 0 bridgehead atoms. The molecule has 0 radical (unpaired) electrons. The predicted molar refractivity (Wildman–Crippen MR) is 105 cm³/mol. The number of terminal acetylenes is 1. The molecule has 3 heterocycles. The van der Waals surface area contributed by atoms with Gasteiger partial charge in [0, 0.05) is 0 Å². The summed E-state index contributed by atoms with van der Waals surface area (Å²) in [6.07, 6.45) is 1.53. The van der Waals surface area contributed by atoms with Crippen LogP contribution < -0.4 is 5.73 Å². The van der Waals surface area contributed by atoms with Crippen LogP contribution in [0.2, 0.25) is 0 Å². The number of aromatic nitrogens is 3. The molecule has 182 valence electrons. The van der Waals surface area contributed by atoms with Gasteiger partial charge in [-0.25, -0.2) is 23.2 Å². The highest BCUT2D eigenvalue weighted by Gasteiger charge is 2.56. The van der Waals surface area contributed by atoms with Crippen LogP contribution in [0.15, 0.2) is 18.5 Å². The van der Waals surface area contributed by atoms with Crippen molar-refractivity contribution in [2.45, 2.75) is 23.9 Å². The Bertz CT molecular complexity index is 1240. The van der Waals surface area contributed by atoms with E-state index < -0.39 is 54.0 Å². The lowest BCUT2D eigenvalue weighted by molar-refractivity contribution is -0.0363. The Kier molecular flexibility index (Phi) is 6.91. The standard InChI is InChI=1S/C13H17N4O13P3/c1-2-13(19)10(18)9(5-27-32(23,24)30-33(25,26)29-31(20,21)22)28-11(13)7-3-4-8-12(14)15-6-16-17(7)8/h1,3-4,6,9-11,18-19H,5H2,(H,23,24)(H,25,26)(H2,14,15,16)(H2,20,21,22)/t9-,10-,11+,13-/m1/s1. The Labute approximate surface area is 184 Å².